The number of benzene rings is 2. The molecule has 0 aliphatic carbocycles. The van der Waals surface area contributed by atoms with Crippen molar-refractivity contribution in [3.8, 4) is 11.1 Å². The van der Waals surface area contributed by atoms with Crippen LogP contribution in [0.25, 0.3) is 11.1 Å². The van der Waals surface area contributed by atoms with Crippen LogP contribution in [0.1, 0.15) is 17.3 Å². The highest BCUT2D eigenvalue weighted by Gasteiger charge is 2.15. The number of halogens is 1. The Morgan fingerprint density at radius 3 is 2.47 bits per heavy atom. The van der Waals surface area contributed by atoms with E-state index in [2.05, 4.69) is 0 Å². The molecule has 2 rings (SSSR count). The van der Waals surface area contributed by atoms with E-state index in [-0.39, 0.29) is 5.78 Å². The molecule has 0 heterocycles. The van der Waals surface area contributed by atoms with Gasteiger partial charge in [-0.25, -0.2) is 0 Å². The minimum atomic E-state index is -0.878. The molecule has 0 unspecified atom stereocenters. The Kier molecular flexibility index (Phi) is 3.37. The molecule has 0 spiro atoms. The Morgan fingerprint density at radius 1 is 1.16 bits per heavy atom. The van der Waals surface area contributed by atoms with E-state index in [0.29, 0.717) is 16.7 Å². The molecule has 0 fully saturated rings. The van der Waals surface area contributed by atoms with Gasteiger partial charge in [0.25, 0.3) is 0 Å². The van der Waals surface area contributed by atoms with Crippen molar-refractivity contribution in [3.05, 3.63) is 64.0 Å². The lowest BCUT2D eigenvalue weighted by molar-refractivity contribution is -0.387. The average Bonchev–Trinajstić information content (AvgIpc) is 2.39. The average molecular weight is 259 g/mol. The summed E-state index contributed by atoms with van der Waals surface area (Å²) < 4.78 is 13.2. The van der Waals surface area contributed by atoms with Gasteiger partial charge in [0.15, 0.2) is 5.78 Å². The van der Waals surface area contributed by atoms with E-state index in [1.807, 2.05) is 0 Å². The van der Waals surface area contributed by atoms with Gasteiger partial charge in [-0.15, -0.1) is 0 Å². The van der Waals surface area contributed by atoms with Crippen molar-refractivity contribution in [1.82, 2.24) is 0 Å². The highest BCUT2D eigenvalue weighted by Crippen LogP contribution is 2.26. The summed E-state index contributed by atoms with van der Waals surface area (Å²) in [4.78, 5) is 21.2. The van der Waals surface area contributed by atoms with Gasteiger partial charge in [0.2, 0.25) is 5.82 Å². The lowest BCUT2D eigenvalue weighted by atomic mass is 10.0. The molecule has 0 amide bonds. The predicted octanol–water partition coefficient (Wildman–Crippen LogP) is 3.60. The Hall–Kier alpha value is -2.56. The number of rotatable bonds is 3. The topological polar surface area (TPSA) is 60.2 Å². The summed E-state index contributed by atoms with van der Waals surface area (Å²) in [6.07, 6.45) is 0. The fraction of sp³-hybridized carbons (Fsp3) is 0.0714. The van der Waals surface area contributed by atoms with Crippen molar-refractivity contribution in [2.24, 2.45) is 0 Å². The zero-order chi connectivity index (χ0) is 14.0. The first-order chi connectivity index (χ1) is 8.99. The van der Waals surface area contributed by atoms with Crippen LogP contribution in [0.5, 0.6) is 0 Å². The summed E-state index contributed by atoms with van der Waals surface area (Å²) in [6.45, 7) is 1.44. The number of carbonyl (C=O) groups excluding carboxylic acids is 1. The first kappa shape index (κ1) is 12.9. The minimum absolute atomic E-state index is 0.0986. The predicted molar refractivity (Wildman–Crippen MR) is 68.5 cm³/mol. The van der Waals surface area contributed by atoms with Crippen LogP contribution in [0, 0.1) is 15.9 Å². The molecule has 0 aromatic heterocycles. The largest absolute Gasteiger partial charge is 0.305 e. The first-order valence-corrected chi connectivity index (χ1v) is 5.54. The van der Waals surface area contributed by atoms with Gasteiger partial charge in [-0.3, -0.25) is 14.9 Å². The van der Waals surface area contributed by atoms with Gasteiger partial charge in [-0.05, 0) is 30.2 Å². The number of hydrogen-bond acceptors (Lipinski definition) is 3. The standard InChI is InChI=1S/C14H10FNO3/c1-9(17)10-3-2-4-11(7-10)12-5-6-13(15)14(8-12)16(18)19/h2-8H,1H3. The number of carbonyl (C=O) groups is 1. The fourth-order valence-electron chi connectivity index (χ4n) is 1.75. The highest BCUT2D eigenvalue weighted by atomic mass is 19.1. The van der Waals surface area contributed by atoms with Gasteiger partial charge in [-0.2, -0.15) is 4.39 Å². The Morgan fingerprint density at radius 2 is 1.84 bits per heavy atom. The molecule has 19 heavy (non-hydrogen) atoms. The number of nitro benzene ring substituents is 1. The molecule has 0 aliphatic rings. The summed E-state index contributed by atoms with van der Waals surface area (Å²) in [5, 5.41) is 10.7. The van der Waals surface area contributed by atoms with Crippen LogP contribution in [0.4, 0.5) is 10.1 Å². The Labute approximate surface area is 108 Å². The molecule has 5 heteroatoms. The first-order valence-electron chi connectivity index (χ1n) is 5.54. The molecular formula is C14H10FNO3. The second-order valence-electron chi connectivity index (χ2n) is 4.06. The molecular weight excluding hydrogens is 249 g/mol. The number of hydrogen-bond donors (Lipinski definition) is 0. The van der Waals surface area contributed by atoms with Crippen LogP contribution in [0.3, 0.4) is 0 Å². The number of ketones is 1. The summed E-state index contributed by atoms with van der Waals surface area (Å²) in [5.41, 5.74) is 1.06. The molecule has 0 N–H and O–H groups in total. The summed E-state index contributed by atoms with van der Waals surface area (Å²) in [7, 11) is 0. The van der Waals surface area contributed by atoms with Crippen LogP contribution in [-0.2, 0) is 0 Å². The van der Waals surface area contributed by atoms with Gasteiger partial charge in [0, 0.05) is 11.6 Å². The third-order valence-electron chi connectivity index (χ3n) is 2.75. The number of nitrogens with zero attached hydrogens (tertiary/aromatic N) is 1. The summed E-state index contributed by atoms with van der Waals surface area (Å²) in [5.74, 6) is -0.977. The van der Waals surface area contributed by atoms with Crippen LogP contribution < -0.4 is 0 Å². The zero-order valence-electron chi connectivity index (χ0n) is 10.1. The van der Waals surface area contributed by atoms with Crippen molar-refractivity contribution in [1.29, 1.82) is 0 Å². The van der Waals surface area contributed by atoms with Gasteiger partial charge >= 0.3 is 5.69 Å². The van der Waals surface area contributed by atoms with E-state index in [1.54, 1.807) is 24.3 Å². The zero-order valence-corrected chi connectivity index (χ0v) is 10.1. The van der Waals surface area contributed by atoms with Crippen LogP contribution in [-0.4, -0.2) is 10.7 Å². The molecule has 96 valence electrons. The SMILES string of the molecule is CC(=O)c1cccc(-c2ccc(F)c([N+](=O)[O-])c2)c1. The van der Waals surface area contributed by atoms with E-state index in [9.17, 15) is 19.3 Å². The molecule has 0 radical (unpaired) electrons. The molecule has 0 aliphatic heterocycles. The molecule has 0 saturated heterocycles. The molecule has 0 atom stereocenters. The number of Topliss-reactive ketones (excluding diaryl/α,β-unsaturated/α-hetero) is 1. The maximum absolute atomic E-state index is 13.2. The molecule has 0 saturated carbocycles. The second-order valence-corrected chi connectivity index (χ2v) is 4.06. The van der Waals surface area contributed by atoms with E-state index in [0.717, 1.165) is 12.1 Å². The molecule has 2 aromatic rings. The highest BCUT2D eigenvalue weighted by molar-refractivity contribution is 5.95. The van der Waals surface area contributed by atoms with Gasteiger partial charge in [-0.1, -0.05) is 24.3 Å². The third-order valence-corrected chi connectivity index (χ3v) is 2.75. The van der Waals surface area contributed by atoms with Gasteiger partial charge < -0.3 is 0 Å². The van der Waals surface area contributed by atoms with E-state index >= 15 is 0 Å². The van der Waals surface area contributed by atoms with Crippen molar-refractivity contribution < 1.29 is 14.1 Å². The molecule has 4 nitrogen and oxygen atoms in total. The van der Waals surface area contributed by atoms with Gasteiger partial charge in [0.1, 0.15) is 0 Å². The Bertz CT molecular complexity index is 667. The second kappa shape index (κ2) is 4.97. The smallest absolute Gasteiger partial charge is 0.295 e. The maximum atomic E-state index is 13.2. The third kappa shape index (κ3) is 2.65. The monoisotopic (exact) mass is 259 g/mol. The van der Waals surface area contributed by atoms with E-state index in [1.165, 1.54) is 13.0 Å². The van der Waals surface area contributed by atoms with Crippen LogP contribution >= 0.6 is 0 Å². The van der Waals surface area contributed by atoms with Crippen molar-refractivity contribution >= 4 is 11.5 Å². The summed E-state index contributed by atoms with van der Waals surface area (Å²) >= 11 is 0. The maximum Gasteiger partial charge on any atom is 0.305 e. The van der Waals surface area contributed by atoms with Crippen molar-refractivity contribution in [3.63, 3.8) is 0 Å². The lowest BCUT2D eigenvalue weighted by Crippen LogP contribution is -1.94. The lowest BCUT2D eigenvalue weighted by Gasteiger charge is -2.04. The van der Waals surface area contributed by atoms with E-state index < -0.39 is 16.4 Å². The Balaban J connectivity index is 2.53. The van der Waals surface area contributed by atoms with E-state index in [4.69, 9.17) is 0 Å². The number of nitro groups is 1. The minimum Gasteiger partial charge on any atom is -0.295 e. The van der Waals surface area contributed by atoms with Crippen LogP contribution in [0.15, 0.2) is 42.5 Å². The van der Waals surface area contributed by atoms with Crippen molar-refractivity contribution in [2.45, 2.75) is 6.92 Å². The summed E-state index contributed by atoms with van der Waals surface area (Å²) in [6, 6.07) is 10.3. The quantitative estimate of drug-likeness (QED) is 0.480. The molecule has 0 bridgehead atoms. The normalized spacial score (nSPS) is 10.2. The van der Waals surface area contributed by atoms with Crippen molar-refractivity contribution in [2.75, 3.05) is 0 Å². The fourth-order valence-corrected chi connectivity index (χ4v) is 1.75. The van der Waals surface area contributed by atoms with Gasteiger partial charge in [0.05, 0.1) is 4.92 Å². The van der Waals surface area contributed by atoms with Crippen LogP contribution in [0.2, 0.25) is 0 Å². The molecule has 2 aromatic carbocycles.